The predicted octanol–water partition coefficient (Wildman–Crippen LogP) is 3.04. The van der Waals surface area contributed by atoms with Crippen molar-refractivity contribution in [3.63, 3.8) is 0 Å². The fourth-order valence-corrected chi connectivity index (χ4v) is 2.06. The van der Waals surface area contributed by atoms with Crippen LogP contribution in [0.25, 0.3) is 10.8 Å². The molecule has 0 spiro atoms. The van der Waals surface area contributed by atoms with Crippen molar-refractivity contribution in [2.24, 2.45) is 0 Å². The second kappa shape index (κ2) is 6.21. The molecule has 0 heterocycles. The minimum Gasteiger partial charge on any atom is -0.493 e. The molecule has 2 aromatic carbocycles. The Morgan fingerprint density at radius 2 is 1.84 bits per heavy atom. The number of rotatable bonds is 5. The molecular weight excluding hydrogens is 236 g/mol. The van der Waals surface area contributed by atoms with Crippen molar-refractivity contribution in [1.82, 2.24) is 4.90 Å². The lowest BCUT2D eigenvalue weighted by atomic mass is 10.0. The fraction of sp³-hybridized carbons (Fsp3) is 0.312. The minimum absolute atomic E-state index is 0.689. The largest absolute Gasteiger partial charge is 0.493 e. The van der Waals surface area contributed by atoms with E-state index in [0.29, 0.717) is 12.2 Å². The van der Waals surface area contributed by atoms with Crippen LogP contribution >= 0.6 is 0 Å². The number of nitriles is 1. The van der Waals surface area contributed by atoms with Gasteiger partial charge in [0.2, 0.25) is 0 Å². The van der Waals surface area contributed by atoms with Gasteiger partial charge in [-0.1, -0.05) is 24.3 Å². The van der Waals surface area contributed by atoms with Crippen LogP contribution in [0.2, 0.25) is 0 Å². The van der Waals surface area contributed by atoms with Crippen molar-refractivity contribution in [3.8, 4) is 11.8 Å². The summed E-state index contributed by atoms with van der Waals surface area (Å²) >= 11 is 0. The summed E-state index contributed by atoms with van der Waals surface area (Å²) in [5.74, 6) is 0.855. The normalized spacial score (nSPS) is 10.6. The topological polar surface area (TPSA) is 36.3 Å². The Balaban J connectivity index is 2.18. The average molecular weight is 254 g/mol. The number of hydrogen-bond donors (Lipinski definition) is 0. The zero-order valence-electron chi connectivity index (χ0n) is 11.4. The molecule has 0 aliphatic carbocycles. The molecule has 98 valence electrons. The van der Waals surface area contributed by atoms with Gasteiger partial charge < -0.3 is 9.64 Å². The van der Waals surface area contributed by atoms with E-state index in [1.807, 2.05) is 36.4 Å². The highest BCUT2D eigenvalue weighted by molar-refractivity contribution is 5.92. The van der Waals surface area contributed by atoms with E-state index in [0.717, 1.165) is 29.5 Å². The first kappa shape index (κ1) is 13.4. The maximum absolute atomic E-state index is 9.11. The van der Waals surface area contributed by atoms with Crippen LogP contribution < -0.4 is 4.74 Å². The van der Waals surface area contributed by atoms with E-state index in [1.165, 1.54) is 0 Å². The van der Waals surface area contributed by atoms with Crippen molar-refractivity contribution in [2.75, 3.05) is 27.2 Å². The standard InChI is InChI=1S/C16H18N2O/c1-18(2)10-5-11-19-16-9-8-13(12-17)14-6-3-4-7-15(14)16/h3-4,6-9H,5,10-11H2,1-2H3. The fourth-order valence-electron chi connectivity index (χ4n) is 2.06. The van der Waals surface area contributed by atoms with Crippen LogP contribution in [-0.2, 0) is 0 Å². The first-order valence-electron chi connectivity index (χ1n) is 6.42. The van der Waals surface area contributed by atoms with Gasteiger partial charge in [-0.15, -0.1) is 0 Å². The molecule has 2 aromatic rings. The molecule has 0 saturated carbocycles. The Morgan fingerprint density at radius 3 is 2.53 bits per heavy atom. The SMILES string of the molecule is CN(C)CCCOc1ccc(C#N)c2ccccc12. The lowest BCUT2D eigenvalue weighted by molar-refractivity contribution is 0.284. The molecule has 0 unspecified atom stereocenters. The third kappa shape index (κ3) is 3.24. The molecule has 3 nitrogen and oxygen atoms in total. The molecule has 0 radical (unpaired) electrons. The van der Waals surface area contributed by atoms with Gasteiger partial charge in [0, 0.05) is 17.3 Å². The number of ether oxygens (including phenoxy) is 1. The molecule has 0 fully saturated rings. The van der Waals surface area contributed by atoms with Crippen LogP contribution in [0.3, 0.4) is 0 Å². The zero-order chi connectivity index (χ0) is 13.7. The quantitative estimate of drug-likeness (QED) is 0.769. The van der Waals surface area contributed by atoms with E-state index in [4.69, 9.17) is 10.00 Å². The van der Waals surface area contributed by atoms with Gasteiger partial charge in [-0.25, -0.2) is 0 Å². The number of fused-ring (bicyclic) bond motifs is 1. The van der Waals surface area contributed by atoms with Crippen molar-refractivity contribution < 1.29 is 4.74 Å². The Kier molecular flexibility index (Phi) is 4.38. The van der Waals surface area contributed by atoms with E-state index >= 15 is 0 Å². The van der Waals surface area contributed by atoms with E-state index < -0.39 is 0 Å². The Hall–Kier alpha value is -2.05. The van der Waals surface area contributed by atoms with Crippen LogP contribution in [0.5, 0.6) is 5.75 Å². The molecule has 3 heteroatoms. The van der Waals surface area contributed by atoms with Crippen molar-refractivity contribution in [1.29, 1.82) is 5.26 Å². The van der Waals surface area contributed by atoms with E-state index in [9.17, 15) is 0 Å². The van der Waals surface area contributed by atoms with Crippen molar-refractivity contribution in [2.45, 2.75) is 6.42 Å². The van der Waals surface area contributed by atoms with Crippen LogP contribution in [-0.4, -0.2) is 32.1 Å². The van der Waals surface area contributed by atoms with Gasteiger partial charge >= 0.3 is 0 Å². The maximum Gasteiger partial charge on any atom is 0.127 e. The Bertz CT molecular complexity index is 599. The summed E-state index contributed by atoms with van der Waals surface area (Å²) in [6, 6.07) is 13.8. The summed E-state index contributed by atoms with van der Waals surface area (Å²) in [7, 11) is 4.11. The van der Waals surface area contributed by atoms with Crippen LogP contribution in [0.1, 0.15) is 12.0 Å². The molecule has 0 N–H and O–H groups in total. The van der Waals surface area contributed by atoms with E-state index in [1.54, 1.807) is 0 Å². The van der Waals surface area contributed by atoms with Gasteiger partial charge in [0.25, 0.3) is 0 Å². The summed E-state index contributed by atoms with van der Waals surface area (Å²) in [6.07, 6.45) is 0.987. The van der Waals surface area contributed by atoms with Gasteiger partial charge in [-0.2, -0.15) is 5.26 Å². The predicted molar refractivity (Wildman–Crippen MR) is 77.3 cm³/mol. The molecule has 19 heavy (non-hydrogen) atoms. The molecule has 0 aliphatic rings. The lowest BCUT2D eigenvalue weighted by Gasteiger charge is -2.12. The summed E-state index contributed by atoms with van der Waals surface area (Å²) in [6.45, 7) is 1.70. The summed E-state index contributed by atoms with van der Waals surface area (Å²) in [5, 5.41) is 11.1. The molecule has 0 bridgehead atoms. The summed E-state index contributed by atoms with van der Waals surface area (Å²) in [4.78, 5) is 2.14. The minimum atomic E-state index is 0.689. The van der Waals surface area contributed by atoms with Gasteiger partial charge in [-0.05, 0) is 32.6 Å². The maximum atomic E-state index is 9.11. The number of benzene rings is 2. The highest BCUT2D eigenvalue weighted by Gasteiger charge is 2.06. The Labute approximate surface area is 114 Å². The van der Waals surface area contributed by atoms with Gasteiger partial charge in [0.1, 0.15) is 5.75 Å². The van der Waals surface area contributed by atoms with E-state index in [2.05, 4.69) is 25.1 Å². The third-order valence-corrected chi connectivity index (χ3v) is 3.01. The van der Waals surface area contributed by atoms with Crippen molar-refractivity contribution in [3.05, 3.63) is 42.0 Å². The molecule has 0 amide bonds. The van der Waals surface area contributed by atoms with E-state index in [-0.39, 0.29) is 0 Å². The molecule has 2 rings (SSSR count). The monoisotopic (exact) mass is 254 g/mol. The highest BCUT2D eigenvalue weighted by Crippen LogP contribution is 2.28. The first-order valence-corrected chi connectivity index (χ1v) is 6.42. The Morgan fingerprint density at radius 1 is 1.11 bits per heavy atom. The molecular formula is C16H18N2O. The third-order valence-electron chi connectivity index (χ3n) is 3.01. The molecule has 0 aromatic heterocycles. The lowest BCUT2D eigenvalue weighted by Crippen LogP contribution is -2.15. The van der Waals surface area contributed by atoms with Gasteiger partial charge in [0.15, 0.2) is 0 Å². The van der Waals surface area contributed by atoms with Crippen molar-refractivity contribution >= 4 is 10.8 Å². The molecule has 0 saturated heterocycles. The number of nitrogens with zero attached hydrogens (tertiary/aromatic N) is 2. The number of hydrogen-bond acceptors (Lipinski definition) is 3. The van der Waals surface area contributed by atoms with Crippen LogP contribution in [0.15, 0.2) is 36.4 Å². The first-order chi connectivity index (χ1) is 9.22. The second-order valence-electron chi connectivity index (χ2n) is 4.77. The summed E-state index contributed by atoms with van der Waals surface area (Å²) in [5.41, 5.74) is 0.691. The highest BCUT2D eigenvalue weighted by atomic mass is 16.5. The zero-order valence-corrected chi connectivity index (χ0v) is 11.4. The summed E-state index contributed by atoms with van der Waals surface area (Å²) < 4.78 is 5.83. The second-order valence-corrected chi connectivity index (χ2v) is 4.77. The van der Waals surface area contributed by atoms with Gasteiger partial charge in [0.05, 0.1) is 18.2 Å². The van der Waals surface area contributed by atoms with Crippen LogP contribution in [0, 0.1) is 11.3 Å². The smallest absolute Gasteiger partial charge is 0.127 e. The van der Waals surface area contributed by atoms with Gasteiger partial charge in [-0.3, -0.25) is 0 Å². The van der Waals surface area contributed by atoms with Crippen LogP contribution in [0.4, 0.5) is 0 Å². The molecule has 0 atom stereocenters. The molecule has 0 aliphatic heterocycles. The average Bonchev–Trinajstić information content (AvgIpc) is 2.43.